The van der Waals surface area contributed by atoms with Gasteiger partial charge in [-0.3, -0.25) is 0 Å². The van der Waals surface area contributed by atoms with Gasteiger partial charge in [-0.2, -0.15) is 0 Å². The molecule has 0 bridgehead atoms. The van der Waals surface area contributed by atoms with Crippen LogP contribution in [-0.4, -0.2) is 20.3 Å². The van der Waals surface area contributed by atoms with Crippen LogP contribution in [0.25, 0.3) is 0 Å². The topological polar surface area (TPSA) is 44.5 Å². The third kappa shape index (κ3) is 4.23. The summed E-state index contributed by atoms with van der Waals surface area (Å²) < 4.78 is 10.6. The summed E-state index contributed by atoms with van der Waals surface area (Å²) in [5.41, 5.74) is 9.94. The van der Waals surface area contributed by atoms with Crippen molar-refractivity contribution in [2.45, 2.75) is 25.8 Å². The van der Waals surface area contributed by atoms with Crippen LogP contribution < -0.4 is 15.2 Å². The molecule has 0 aromatic heterocycles. The van der Waals surface area contributed by atoms with Crippen LogP contribution in [0.4, 0.5) is 0 Å². The SMILES string of the molecule is COc1ccc(CC(N)Cc2cccc(C)c2)c(OC)c1. The first-order valence-electron chi connectivity index (χ1n) is 7.14. The summed E-state index contributed by atoms with van der Waals surface area (Å²) in [4.78, 5) is 0. The van der Waals surface area contributed by atoms with E-state index in [1.807, 2.05) is 18.2 Å². The number of ether oxygens (including phenoxy) is 2. The zero-order valence-corrected chi connectivity index (χ0v) is 12.9. The fraction of sp³-hybridized carbons (Fsp3) is 0.333. The fourth-order valence-corrected chi connectivity index (χ4v) is 2.52. The molecule has 0 aliphatic heterocycles. The molecule has 0 spiro atoms. The van der Waals surface area contributed by atoms with Gasteiger partial charge in [0.2, 0.25) is 0 Å². The van der Waals surface area contributed by atoms with Crippen LogP contribution in [0.2, 0.25) is 0 Å². The summed E-state index contributed by atoms with van der Waals surface area (Å²) in [6.45, 7) is 2.10. The Morgan fingerprint density at radius 2 is 1.81 bits per heavy atom. The summed E-state index contributed by atoms with van der Waals surface area (Å²) in [6.07, 6.45) is 1.64. The second-order valence-corrected chi connectivity index (χ2v) is 5.34. The molecule has 112 valence electrons. The summed E-state index contributed by atoms with van der Waals surface area (Å²) >= 11 is 0. The first-order chi connectivity index (χ1) is 10.1. The Bertz CT molecular complexity index is 596. The number of hydrogen-bond donors (Lipinski definition) is 1. The van der Waals surface area contributed by atoms with Gasteiger partial charge in [0.25, 0.3) is 0 Å². The maximum Gasteiger partial charge on any atom is 0.125 e. The van der Waals surface area contributed by atoms with E-state index in [1.54, 1.807) is 14.2 Å². The average Bonchev–Trinajstić information content (AvgIpc) is 2.47. The lowest BCUT2D eigenvalue weighted by Crippen LogP contribution is -2.25. The Morgan fingerprint density at radius 1 is 1.00 bits per heavy atom. The van der Waals surface area contributed by atoms with Gasteiger partial charge in [0.1, 0.15) is 11.5 Å². The quantitative estimate of drug-likeness (QED) is 0.887. The number of hydrogen-bond acceptors (Lipinski definition) is 3. The van der Waals surface area contributed by atoms with E-state index in [0.717, 1.165) is 29.9 Å². The van der Waals surface area contributed by atoms with Crippen molar-refractivity contribution in [1.82, 2.24) is 0 Å². The molecule has 1 unspecified atom stereocenters. The number of rotatable bonds is 6. The number of nitrogens with two attached hydrogens (primary N) is 1. The van der Waals surface area contributed by atoms with E-state index in [1.165, 1.54) is 11.1 Å². The number of benzene rings is 2. The molecule has 0 radical (unpaired) electrons. The summed E-state index contributed by atoms with van der Waals surface area (Å²) in [5.74, 6) is 1.62. The molecule has 1 atom stereocenters. The molecule has 2 rings (SSSR count). The highest BCUT2D eigenvalue weighted by Crippen LogP contribution is 2.25. The summed E-state index contributed by atoms with van der Waals surface area (Å²) in [7, 11) is 3.32. The van der Waals surface area contributed by atoms with E-state index in [0.29, 0.717) is 0 Å². The maximum atomic E-state index is 6.30. The first-order valence-corrected chi connectivity index (χ1v) is 7.14. The van der Waals surface area contributed by atoms with Gasteiger partial charge in [-0.1, -0.05) is 35.9 Å². The van der Waals surface area contributed by atoms with E-state index in [-0.39, 0.29) is 6.04 Å². The van der Waals surface area contributed by atoms with E-state index in [9.17, 15) is 0 Å². The van der Waals surface area contributed by atoms with Crippen molar-refractivity contribution in [1.29, 1.82) is 0 Å². The van der Waals surface area contributed by atoms with Gasteiger partial charge in [0.05, 0.1) is 14.2 Å². The lowest BCUT2D eigenvalue weighted by Gasteiger charge is -2.15. The zero-order chi connectivity index (χ0) is 15.2. The standard InChI is InChI=1S/C18H23NO2/c1-13-5-4-6-14(9-13)10-16(19)11-15-7-8-17(20-2)12-18(15)21-3/h4-9,12,16H,10-11,19H2,1-3H3. The number of methoxy groups -OCH3 is 2. The van der Waals surface area contributed by atoms with Gasteiger partial charge in [0.15, 0.2) is 0 Å². The first kappa shape index (κ1) is 15.4. The Morgan fingerprint density at radius 3 is 2.48 bits per heavy atom. The van der Waals surface area contributed by atoms with Crippen LogP contribution in [0.1, 0.15) is 16.7 Å². The smallest absolute Gasteiger partial charge is 0.125 e. The van der Waals surface area contributed by atoms with E-state index in [2.05, 4.69) is 31.2 Å². The molecule has 2 aromatic rings. The van der Waals surface area contributed by atoms with Crippen molar-refractivity contribution in [3.63, 3.8) is 0 Å². The average molecular weight is 285 g/mol. The monoisotopic (exact) mass is 285 g/mol. The second-order valence-electron chi connectivity index (χ2n) is 5.34. The summed E-state index contributed by atoms with van der Waals surface area (Å²) in [6, 6.07) is 14.4. The fourth-order valence-electron chi connectivity index (χ4n) is 2.52. The second kappa shape index (κ2) is 7.14. The van der Waals surface area contributed by atoms with Crippen molar-refractivity contribution in [3.8, 4) is 11.5 Å². The molecule has 2 N–H and O–H groups in total. The number of aryl methyl sites for hydroxylation is 1. The minimum absolute atomic E-state index is 0.0640. The minimum atomic E-state index is 0.0640. The Hall–Kier alpha value is -2.00. The molecule has 21 heavy (non-hydrogen) atoms. The minimum Gasteiger partial charge on any atom is -0.497 e. The van der Waals surface area contributed by atoms with Crippen LogP contribution in [0.15, 0.2) is 42.5 Å². The molecule has 0 saturated heterocycles. The van der Waals surface area contributed by atoms with E-state index < -0.39 is 0 Å². The van der Waals surface area contributed by atoms with Crippen LogP contribution in [-0.2, 0) is 12.8 Å². The molecule has 2 aromatic carbocycles. The predicted octanol–water partition coefficient (Wildman–Crippen LogP) is 3.12. The molecular formula is C18H23NO2. The highest BCUT2D eigenvalue weighted by atomic mass is 16.5. The predicted molar refractivity (Wildman–Crippen MR) is 86.1 cm³/mol. The highest BCUT2D eigenvalue weighted by Gasteiger charge is 2.11. The van der Waals surface area contributed by atoms with Crippen LogP contribution in [0.3, 0.4) is 0 Å². The normalized spacial score (nSPS) is 12.0. The van der Waals surface area contributed by atoms with Gasteiger partial charge in [0, 0.05) is 12.1 Å². The molecule has 0 saturated carbocycles. The third-order valence-corrected chi connectivity index (χ3v) is 3.56. The molecule has 3 nitrogen and oxygen atoms in total. The van der Waals surface area contributed by atoms with E-state index in [4.69, 9.17) is 15.2 Å². The lowest BCUT2D eigenvalue weighted by molar-refractivity contribution is 0.390. The molecular weight excluding hydrogens is 262 g/mol. The Kier molecular flexibility index (Phi) is 5.23. The van der Waals surface area contributed by atoms with Crippen LogP contribution in [0.5, 0.6) is 11.5 Å². The van der Waals surface area contributed by atoms with Crippen molar-refractivity contribution in [2.75, 3.05) is 14.2 Å². The van der Waals surface area contributed by atoms with Gasteiger partial charge >= 0.3 is 0 Å². The molecule has 0 heterocycles. The molecule has 0 aliphatic carbocycles. The molecule has 0 fully saturated rings. The lowest BCUT2D eigenvalue weighted by atomic mass is 9.98. The van der Waals surface area contributed by atoms with Gasteiger partial charge in [-0.05, 0) is 37.0 Å². The van der Waals surface area contributed by atoms with Gasteiger partial charge in [-0.25, -0.2) is 0 Å². The van der Waals surface area contributed by atoms with Crippen molar-refractivity contribution >= 4 is 0 Å². The van der Waals surface area contributed by atoms with Gasteiger partial charge < -0.3 is 15.2 Å². The molecule has 0 aliphatic rings. The van der Waals surface area contributed by atoms with E-state index >= 15 is 0 Å². The summed E-state index contributed by atoms with van der Waals surface area (Å²) in [5, 5.41) is 0. The van der Waals surface area contributed by atoms with Crippen LogP contribution in [0, 0.1) is 6.92 Å². The van der Waals surface area contributed by atoms with Crippen molar-refractivity contribution in [2.24, 2.45) is 5.73 Å². The molecule has 3 heteroatoms. The van der Waals surface area contributed by atoms with Crippen molar-refractivity contribution < 1.29 is 9.47 Å². The largest absolute Gasteiger partial charge is 0.497 e. The Labute approximate surface area is 126 Å². The zero-order valence-electron chi connectivity index (χ0n) is 12.9. The highest BCUT2D eigenvalue weighted by molar-refractivity contribution is 5.41. The maximum absolute atomic E-state index is 6.30. The van der Waals surface area contributed by atoms with Crippen molar-refractivity contribution in [3.05, 3.63) is 59.2 Å². The Balaban J connectivity index is 2.07. The van der Waals surface area contributed by atoms with Gasteiger partial charge in [-0.15, -0.1) is 0 Å². The third-order valence-electron chi connectivity index (χ3n) is 3.56. The molecule has 0 amide bonds. The van der Waals surface area contributed by atoms with Crippen LogP contribution >= 0.6 is 0 Å².